The van der Waals surface area contributed by atoms with E-state index in [-0.39, 0.29) is 5.56 Å². The first kappa shape index (κ1) is 16.6. The fraction of sp³-hybridized carbons (Fsp3) is 0.111. The van der Waals surface area contributed by atoms with Gasteiger partial charge in [0.25, 0.3) is 5.56 Å². The topological polar surface area (TPSA) is 56.6 Å². The highest BCUT2D eigenvalue weighted by molar-refractivity contribution is 7.98. The van der Waals surface area contributed by atoms with Crippen LogP contribution >= 0.6 is 23.4 Å². The highest BCUT2D eigenvalue weighted by Gasteiger charge is 2.13. The summed E-state index contributed by atoms with van der Waals surface area (Å²) < 4.78 is 13.6. The van der Waals surface area contributed by atoms with E-state index in [4.69, 9.17) is 16.9 Å². The molecule has 0 atom stereocenters. The first-order valence-electron chi connectivity index (χ1n) is 7.13. The zero-order valence-electron chi connectivity index (χ0n) is 12.7. The summed E-state index contributed by atoms with van der Waals surface area (Å²) in [5, 5.41) is 11.3. The Balaban J connectivity index is 2.07. The monoisotopic (exact) mass is 358 g/mol. The van der Waals surface area contributed by atoms with Crippen LogP contribution in [0.5, 0.6) is 0 Å². The molecule has 24 heavy (non-hydrogen) atoms. The molecular formula is C18H12ClFN2OS. The maximum atomic E-state index is 13.6. The normalized spacial score (nSPS) is 10.8. The van der Waals surface area contributed by atoms with E-state index >= 15 is 0 Å². The number of aryl methyl sites for hydroxylation is 1. The van der Waals surface area contributed by atoms with Crippen molar-refractivity contribution in [3.8, 4) is 6.07 Å². The first-order chi connectivity index (χ1) is 11.5. The molecule has 2 aromatic carbocycles. The van der Waals surface area contributed by atoms with Gasteiger partial charge in [0.1, 0.15) is 17.4 Å². The lowest BCUT2D eigenvalue weighted by atomic mass is 10.1. The molecule has 0 unspecified atom stereocenters. The molecule has 6 heteroatoms. The molecule has 0 amide bonds. The third-order valence-electron chi connectivity index (χ3n) is 3.63. The van der Waals surface area contributed by atoms with Crippen LogP contribution in [0.3, 0.4) is 0 Å². The van der Waals surface area contributed by atoms with Gasteiger partial charge in [-0.25, -0.2) is 4.39 Å². The van der Waals surface area contributed by atoms with E-state index in [9.17, 15) is 9.18 Å². The van der Waals surface area contributed by atoms with Gasteiger partial charge in [-0.1, -0.05) is 29.3 Å². The van der Waals surface area contributed by atoms with Crippen LogP contribution in [-0.2, 0) is 5.75 Å². The molecule has 3 nitrogen and oxygen atoms in total. The number of thioether (sulfide) groups is 1. The van der Waals surface area contributed by atoms with E-state index < -0.39 is 11.4 Å². The van der Waals surface area contributed by atoms with Crippen molar-refractivity contribution in [2.24, 2.45) is 0 Å². The van der Waals surface area contributed by atoms with Crippen LogP contribution in [0.4, 0.5) is 4.39 Å². The van der Waals surface area contributed by atoms with E-state index in [1.807, 2.05) is 31.2 Å². The molecule has 3 aromatic rings. The van der Waals surface area contributed by atoms with Crippen LogP contribution in [0.15, 0.2) is 46.2 Å². The SMILES string of the molecule is Cc1ccc(Cl)c(CSc2[nH]c(=O)c(C#N)c3ccc(F)cc23)c1. The van der Waals surface area contributed by atoms with Crippen LogP contribution in [0.25, 0.3) is 10.8 Å². The second kappa shape index (κ2) is 6.68. The van der Waals surface area contributed by atoms with Gasteiger partial charge in [-0.05, 0) is 36.8 Å². The minimum absolute atomic E-state index is 0.0112. The van der Waals surface area contributed by atoms with Crippen molar-refractivity contribution in [2.75, 3.05) is 0 Å². The minimum Gasteiger partial charge on any atom is -0.315 e. The third-order valence-corrected chi connectivity index (χ3v) is 5.07. The Kier molecular flexibility index (Phi) is 4.61. The number of aromatic nitrogens is 1. The summed E-state index contributed by atoms with van der Waals surface area (Å²) in [6, 6.07) is 11.6. The Hall–Kier alpha value is -2.29. The lowest BCUT2D eigenvalue weighted by Crippen LogP contribution is -2.11. The second-order valence-electron chi connectivity index (χ2n) is 5.34. The number of aromatic amines is 1. The molecule has 0 aliphatic rings. The number of benzene rings is 2. The van der Waals surface area contributed by atoms with Crippen LogP contribution in [0.2, 0.25) is 5.02 Å². The van der Waals surface area contributed by atoms with Crippen LogP contribution in [0.1, 0.15) is 16.7 Å². The number of pyridine rings is 1. The molecule has 1 heterocycles. The van der Waals surface area contributed by atoms with Crippen molar-refractivity contribution in [2.45, 2.75) is 17.7 Å². The van der Waals surface area contributed by atoms with E-state index in [2.05, 4.69) is 4.98 Å². The number of rotatable bonds is 3. The summed E-state index contributed by atoms with van der Waals surface area (Å²) >= 11 is 7.55. The Morgan fingerprint density at radius 1 is 1.25 bits per heavy atom. The fourth-order valence-electron chi connectivity index (χ4n) is 2.47. The van der Waals surface area contributed by atoms with Gasteiger partial charge in [0.2, 0.25) is 0 Å². The summed E-state index contributed by atoms with van der Waals surface area (Å²) in [7, 11) is 0. The Morgan fingerprint density at radius 3 is 2.79 bits per heavy atom. The van der Waals surface area contributed by atoms with Gasteiger partial charge < -0.3 is 4.98 Å². The van der Waals surface area contributed by atoms with Gasteiger partial charge in [0.15, 0.2) is 0 Å². The fourth-order valence-corrected chi connectivity index (χ4v) is 3.76. The largest absolute Gasteiger partial charge is 0.315 e. The molecule has 0 saturated heterocycles. The maximum Gasteiger partial charge on any atom is 0.267 e. The van der Waals surface area contributed by atoms with Crippen molar-refractivity contribution in [1.29, 1.82) is 5.26 Å². The lowest BCUT2D eigenvalue weighted by Gasteiger charge is -2.09. The van der Waals surface area contributed by atoms with Crippen LogP contribution < -0.4 is 5.56 Å². The molecule has 120 valence electrons. The number of nitrogens with one attached hydrogen (secondary N) is 1. The third kappa shape index (κ3) is 3.16. The van der Waals surface area contributed by atoms with Gasteiger partial charge in [-0.3, -0.25) is 4.79 Å². The zero-order chi connectivity index (χ0) is 17.3. The number of hydrogen-bond donors (Lipinski definition) is 1. The number of nitrogens with zero attached hydrogens (tertiary/aromatic N) is 1. The first-order valence-corrected chi connectivity index (χ1v) is 8.49. The standard InChI is InChI=1S/C18H12ClFN2OS/c1-10-2-5-16(19)11(6-10)9-24-18-14-7-12(20)3-4-13(14)15(8-21)17(23)22-18/h2-7H,9H2,1H3,(H,22,23). The summed E-state index contributed by atoms with van der Waals surface area (Å²) in [6.45, 7) is 1.97. The molecule has 0 aliphatic carbocycles. The Labute approximate surface area is 147 Å². The number of hydrogen-bond acceptors (Lipinski definition) is 3. The number of halogens is 2. The molecule has 1 aromatic heterocycles. The van der Waals surface area contributed by atoms with Crippen LogP contribution in [0, 0.1) is 24.1 Å². The second-order valence-corrected chi connectivity index (χ2v) is 6.74. The lowest BCUT2D eigenvalue weighted by molar-refractivity contribution is 0.629. The number of fused-ring (bicyclic) bond motifs is 1. The Morgan fingerprint density at radius 2 is 2.04 bits per heavy atom. The van der Waals surface area contributed by atoms with Crippen molar-refractivity contribution in [1.82, 2.24) is 4.98 Å². The van der Waals surface area contributed by atoms with Crippen molar-refractivity contribution >= 4 is 34.1 Å². The van der Waals surface area contributed by atoms with E-state index in [1.54, 1.807) is 0 Å². The molecule has 0 spiro atoms. The van der Waals surface area contributed by atoms with E-state index in [0.29, 0.717) is 26.6 Å². The van der Waals surface area contributed by atoms with Crippen molar-refractivity contribution < 1.29 is 4.39 Å². The summed E-state index contributed by atoms with van der Waals surface area (Å²) in [5.41, 5.74) is 1.52. The van der Waals surface area contributed by atoms with E-state index in [0.717, 1.165) is 11.1 Å². The number of H-pyrrole nitrogens is 1. The molecule has 0 saturated carbocycles. The van der Waals surface area contributed by atoms with Gasteiger partial charge in [0, 0.05) is 21.5 Å². The Bertz CT molecular complexity index is 1040. The average Bonchev–Trinajstić information content (AvgIpc) is 2.56. The zero-order valence-corrected chi connectivity index (χ0v) is 14.3. The van der Waals surface area contributed by atoms with Gasteiger partial charge in [0.05, 0.1) is 5.03 Å². The molecule has 0 radical (unpaired) electrons. The molecular weight excluding hydrogens is 347 g/mol. The summed E-state index contributed by atoms with van der Waals surface area (Å²) in [5.74, 6) is 0.0995. The predicted molar refractivity (Wildman–Crippen MR) is 95.0 cm³/mol. The molecule has 0 fully saturated rings. The molecule has 0 bridgehead atoms. The minimum atomic E-state index is -0.477. The summed E-state index contributed by atoms with van der Waals surface area (Å²) in [6.07, 6.45) is 0. The summed E-state index contributed by atoms with van der Waals surface area (Å²) in [4.78, 5) is 14.8. The molecule has 0 aliphatic heterocycles. The maximum absolute atomic E-state index is 13.6. The predicted octanol–water partition coefficient (Wildman–Crippen LogP) is 4.79. The molecule has 1 N–H and O–H groups in total. The van der Waals surface area contributed by atoms with Crippen molar-refractivity contribution in [3.05, 3.63) is 74.3 Å². The highest BCUT2D eigenvalue weighted by Crippen LogP contribution is 2.31. The van der Waals surface area contributed by atoms with Crippen molar-refractivity contribution in [3.63, 3.8) is 0 Å². The highest BCUT2D eigenvalue weighted by atomic mass is 35.5. The van der Waals surface area contributed by atoms with Gasteiger partial charge >= 0.3 is 0 Å². The van der Waals surface area contributed by atoms with E-state index in [1.165, 1.54) is 30.0 Å². The number of nitriles is 1. The van der Waals surface area contributed by atoms with Crippen LogP contribution in [-0.4, -0.2) is 4.98 Å². The quantitative estimate of drug-likeness (QED) is 0.684. The van der Waals surface area contributed by atoms with Gasteiger partial charge in [-0.2, -0.15) is 5.26 Å². The smallest absolute Gasteiger partial charge is 0.267 e. The molecule has 3 rings (SSSR count). The van der Waals surface area contributed by atoms with Gasteiger partial charge in [-0.15, -0.1) is 11.8 Å². The average molecular weight is 359 g/mol.